The van der Waals surface area contributed by atoms with E-state index in [1.165, 1.54) is 0 Å². The highest BCUT2D eigenvalue weighted by atomic mass is 35.5. The molecule has 2 aromatic rings. The van der Waals surface area contributed by atoms with E-state index in [0.717, 1.165) is 16.8 Å². The average molecular weight is 341 g/mol. The zero-order valence-corrected chi connectivity index (χ0v) is 13.8. The molecule has 0 aliphatic carbocycles. The van der Waals surface area contributed by atoms with Gasteiger partial charge in [0.1, 0.15) is 0 Å². The summed E-state index contributed by atoms with van der Waals surface area (Å²) in [7, 11) is 0. The molecule has 0 bridgehead atoms. The maximum Gasteiger partial charge on any atom is 0.236 e. The van der Waals surface area contributed by atoms with Gasteiger partial charge in [0.25, 0.3) is 0 Å². The van der Waals surface area contributed by atoms with Crippen LogP contribution < -0.4 is 5.32 Å². The van der Waals surface area contributed by atoms with Gasteiger partial charge in [0.05, 0.1) is 11.8 Å². The van der Waals surface area contributed by atoms with Crippen LogP contribution in [0.5, 0.6) is 0 Å². The molecule has 2 aliphatic rings. The Balaban J connectivity index is 1.53. The first kappa shape index (κ1) is 15.2. The molecule has 4 rings (SSSR count). The molecule has 1 atom stereocenters. The van der Waals surface area contributed by atoms with Gasteiger partial charge in [-0.05, 0) is 35.7 Å². The number of halogens is 1. The van der Waals surface area contributed by atoms with Crippen LogP contribution in [0.2, 0.25) is 5.02 Å². The van der Waals surface area contributed by atoms with E-state index in [2.05, 4.69) is 5.32 Å². The first-order chi connectivity index (χ1) is 11.6. The number of para-hydroxylation sites is 1. The van der Waals surface area contributed by atoms with Crippen LogP contribution in [0.15, 0.2) is 48.5 Å². The highest BCUT2D eigenvalue weighted by Gasteiger charge is 2.51. The number of nitrogens with one attached hydrogen (secondary N) is 1. The van der Waals surface area contributed by atoms with Gasteiger partial charge in [-0.25, -0.2) is 0 Å². The third-order valence-electron chi connectivity index (χ3n) is 5.02. The molecule has 5 heteroatoms. The molecule has 2 aliphatic heterocycles. The normalized spacial score (nSPS) is 21.9. The van der Waals surface area contributed by atoms with Gasteiger partial charge >= 0.3 is 0 Å². The molecule has 122 valence electrons. The van der Waals surface area contributed by atoms with Gasteiger partial charge < -0.3 is 10.2 Å². The Labute approximate surface area is 145 Å². The van der Waals surface area contributed by atoms with Crippen molar-refractivity contribution in [2.24, 2.45) is 0 Å². The summed E-state index contributed by atoms with van der Waals surface area (Å²) in [5.74, 6) is 0.0527. The molecule has 24 heavy (non-hydrogen) atoms. The number of benzene rings is 2. The van der Waals surface area contributed by atoms with Crippen LogP contribution in [0, 0.1) is 0 Å². The van der Waals surface area contributed by atoms with Gasteiger partial charge in [-0.15, -0.1) is 0 Å². The van der Waals surface area contributed by atoms with Crippen LogP contribution in [-0.4, -0.2) is 29.8 Å². The van der Waals surface area contributed by atoms with E-state index >= 15 is 0 Å². The van der Waals surface area contributed by atoms with Crippen molar-refractivity contribution >= 4 is 29.1 Å². The van der Waals surface area contributed by atoms with E-state index in [1.807, 2.05) is 36.4 Å². The number of likely N-dealkylation sites (tertiary alicyclic amines) is 1. The smallest absolute Gasteiger partial charge is 0.236 e. The molecule has 4 nitrogen and oxygen atoms in total. The largest absolute Gasteiger partial charge is 0.341 e. The van der Waals surface area contributed by atoms with E-state index in [9.17, 15) is 9.59 Å². The van der Waals surface area contributed by atoms with Crippen molar-refractivity contribution < 1.29 is 9.59 Å². The minimum Gasteiger partial charge on any atom is -0.341 e. The SMILES string of the molecule is O=C(Cc1ccc(Cl)cc1)N1CC[C@@]2(C1)C(=O)Nc1ccccc12. The Kier molecular flexibility index (Phi) is 3.57. The fourth-order valence-electron chi connectivity index (χ4n) is 3.69. The monoisotopic (exact) mass is 340 g/mol. The zero-order chi connectivity index (χ0) is 16.7. The average Bonchev–Trinajstić information content (AvgIpc) is 3.14. The number of carbonyl (C=O) groups excluding carboxylic acids is 2. The third kappa shape index (κ3) is 2.38. The predicted molar refractivity (Wildman–Crippen MR) is 93.1 cm³/mol. The van der Waals surface area contributed by atoms with Crippen LogP contribution >= 0.6 is 11.6 Å². The molecule has 0 saturated carbocycles. The van der Waals surface area contributed by atoms with E-state index in [4.69, 9.17) is 11.6 Å². The fourth-order valence-corrected chi connectivity index (χ4v) is 3.82. The van der Waals surface area contributed by atoms with Crippen LogP contribution in [0.4, 0.5) is 5.69 Å². The number of nitrogens with zero attached hydrogens (tertiary/aromatic N) is 1. The molecule has 1 saturated heterocycles. The maximum absolute atomic E-state index is 12.6. The van der Waals surface area contributed by atoms with Crippen LogP contribution in [0.1, 0.15) is 17.5 Å². The van der Waals surface area contributed by atoms with Gasteiger partial charge in [0, 0.05) is 23.8 Å². The van der Waals surface area contributed by atoms with Gasteiger partial charge in [0.2, 0.25) is 11.8 Å². The summed E-state index contributed by atoms with van der Waals surface area (Å²) in [5, 5.41) is 3.61. The number of carbonyl (C=O) groups is 2. The topological polar surface area (TPSA) is 49.4 Å². The number of anilines is 1. The number of amides is 2. The Hall–Kier alpha value is -2.33. The minimum atomic E-state index is -0.591. The van der Waals surface area contributed by atoms with Crippen molar-refractivity contribution in [1.29, 1.82) is 0 Å². The third-order valence-corrected chi connectivity index (χ3v) is 5.27. The molecule has 1 N–H and O–H groups in total. The molecule has 1 fully saturated rings. The zero-order valence-electron chi connectivity index (χ0n) is 13.1. The minimum absolute atomic E-state index is 0.00509. The van der Waals surface area contributed by atoms with Crippen LogP contribution in [0.25, 0.3) is 0 Å². The van der Waals surface area contributed by atoms with E-state index < -0.39 is 5.41 Å². The Bertz CT molecular complexity index is 818. The summed E-state index contributed by atoms with van der Waals surface area (Å²) >= 11 is 5.88. The Morgan fingerprint density at radius 1 is 1.17 bits per heavy atom. The van der Waals surface area contributed by atoms with Gasteiger partial charge in [-0.1, -0.05) is 41.9 Å². The number of hydrogen-bond donors (Lipinski definition) is 1. The van der Waals surface area contributed by atoms with Crippen molar-refractivity contribution in [3.05, 3.63) is 64.7 Å². The Morgan fingerprint density at radius 2 is 1.92 bits per heavy atom. The number of fused-ring (bicyclic) bond motifs is 2. The summed E-state index contributed by atoms with van der Waals surface area (Å²) in [6.45, 7) is 1.05. The summed E-state index contributed by atoms with van der Waals surface area (Å²) in [5.41, 5.74) is 2.22. The van der Waals surface area contributed by atoms with Crippen molar-refractivity contribution in [3.63, 3.8) is 0 Å². The summed E-state index contributed by atoms with van der Waals surface area (Å²) in [6.07, 6.45) is 0.999. The summed E-state index contributed by atoms with van der Waals surface area (Å²) in [6, 6.07) is 15.1. The van der Waals surface area contributed by atoms with Crippen LogP contribution in [0.3, 0.4) is 0 Å². The lowest BCUT2D eigenvalue weighted by Crippen LogP contribution is -2.39. The van der Waals surface area contributed by atoms with Crippen molar-refractivity contribution in [1.82, 2.24) is 4.90 Å². The van der Waals surface area contributed by atoms with Gasteiger partial charge in [-0.3, -0.25) is 9.59 Å². The molecule has 2 aromatic carbocycles. The number of hydrogen-bond acceptors (Lipinski definition) is 2. The van der Waals surface area contributed by atoms with Crippen LogP contribution in [-0.2, 0) is 21.4 Å². The molecule has 0 unspecified atom stereocenters. The van der Waals surface area contributed by atoms with Crippen molar-refractivity contribution in [2.75, 3.05) is 18.4 Å². The quantitative estimate of drug-likeness (QED) is 0.913. The summed E-state index contributed by atoms with van der Waals surface area (Å²) < 4.78 is 0. The Morgan fingerprint density at radius 3 is 2.71 bits per heavy atom. The molecule has 2 amide bonds. The van der Waals surface area contributed by atoms with E-state index in [0.29, 0.717) is 31.0 Å². The standard InChI is InChI=1S/C19H17ClN2O2/c20-14-7-5-13(6-8-14)11-17(23)22-10-9-19(12-22)15-3-1-2-4-16(15)21-18(19)24/h1-8H,9-12H2,(H,21,24)/t19-/m0/s1. The molecule has 2 heterocycles. The van der Waals surface area contributed by atoms with Gasteiger partial charge in [0.15, 0.2) is 0 Å². The molecular formula is C19H17ClN2O2. The second-order valence-electron chi connectivity index (χ2n) is 6.45. The second-order valence-corrected chi connectivity index (χ2v) is 6.89. The lowest BCUT2D eigenvalue weighted by atomic mass is 9.81. The molecule has 0 aromatic heterocycles. The predicted octanol–water partition coefficient (Wildman–Crippen LogP) is 3.00. The molecule has 1 spiro atoms. The second kappa shape index (κ2) is 5.64. The molecular weight excluding hydrogens is 324 g/mol. The van der Waals surface area contributed by atoms with E-state index in [-0.39, 0.29) is 11.8 Å². The maximum atomic E-state index is 12.6. The lowest BCUT2D eigenvalue weighted by Gasteiger charge is -2.22. The highest BCUT2D eigenvalue weighted by Crippen LogP contribution is 2.44. The van der Waals surface area contributed by atoms with Crippen molar-refractivity contribution in [3.8, 4) is 0 Å². The molecule has 0 radical (unpaired) electrons. The van der Waals surface area contributed by atoms with E-state index in [1.54, 1.807) is 17.0 Å². The number of rotatable bonds is 2. The van der Waals surface area contributed by atoms with Gasteiger partial charge in [-0.2, -0.15) is 0 Å². The lowest BCUT2D eigenvalue weighted by molar-refractivity contribution is -0.129. The first-order valence-electron chi connectivity index (χ1n) is 8.02. The summed E-state index contributed by atoms with van der Waals surface area (Å²) in [4.78, 5) is 27.0. The van der Waals surface area contributed by atoms with Crippen molar-refractivity contribution in [2.45, 2.75) is 18.3 Å². The first-order valence-corrected chi connectivity index (χ1v) is 8.39. The fraction of sp³-hybridized carbons (Fsp3) is 0.263. The highest BCUT2D eigenvalue weighted by molar-refractivity contribution is 6.30.